The van der Waals surface area contributed by atoms with Gasteiger partial charge in [-0.2, -0.15) is 5.10 Å². The molecule has 1 aromatic carbocycles. The van der Waals surface area contributed by atoms with Crippen LogP contribution in [0.4, 0.5) is 0 Å². The van der Waals surface area contributed by atoms with Crippen molar-refractivity contribution in [2.45, 2.75) is 12.5 Å². The van der Waals surface area contributed by atoms with Gasteiger partial charge in [-0.15, -0.1) is 6.58 Å². The number of ether oxygens (including phenoxy) is 1. The number of aromatic amines is 1. The fourth-order valence-electron chi connectivity index (χ4n) is 1.63. The van der Waals surface area contributed by atoms with Crippen LogP contribution in [-0.2, 0) is 11.2 Å². The SMILES string of the molecule is C=CCOC(Cc1nc[nH]n1)c1ccc(Br)cc1. The van der Waals surface area contributed by atoms with Crippen LogP contribution in [0.3, 0.4) is 0 Å². The van der Waals surface area contributed by atoms with Crippen LogP contribution in [0.1, 0.15) is 17.5 Å². The molecule has 1 N–H and O–H groups in total. The van der Waals surface area contributed by atoms with Crippen molar-refractivity contribution in [1.29, 1.82) is 0 Å². The summed E-state index contributed by atoms with van der Waals surface area (Å²) in [4.78, 5) is 4.13. The van der Waals surface area contributed by atoms with Gasteiger partial charge in [0, 0.05) is 10.9 Å². The first-order valence-corrected chi connectivity index (χ1v) is 6.41. The minimum absolute atomic E-state index is 0.0631. The van der Waals surface area contributed by atoms with Gasteiger partial charge in [0.2, 0.25) is 0 Å². The Balaban J connectivity index is 2.13. The number of nitrogens with one attached hydrogen (secondary N) is 1. The molecule has 0 aliphatic heterocycles. The van der Waals surface area contributed by atoms with Crippen molar-refractivity contribution < 1.29 is 4.74 Å². The first kappa shape index (κ1) is 13.0. The molecule has 0 amide bonds. The number of benzene rings is 1. The van der Waals surface area contributed by atoms with Gasteiger partial charge >= 0.3 is 0 Å². The maximum absolute atomic E-state index is 5.76. The molecule has 1 unspecified atom stereocenters. The van der Waals surface area contributed by atoms with Crippen molar-refractivity contribution in [3.63, 3.8) is 0 Å². The van der Waals surface area contributed by atoms with E-state index in [0.29, 0.717) is 13.0 Å². The van der Waals surface area contributed by atoms with Gasteiger partial charge in [0.15, 0.2) is 5.82 Å². The Kier molecular flexibility index (Phi) is 4.66. The molecule has 0 radical (unpaired) electrons. The Bertz CT molecular complexity index is 481. The monoisotopic (exact) mass is 307 g/mol. The number of nitrogens with zero attached hydrogens (tertiary/aromatic N) is 2. The Morgan fingerprint density at radius 2 is 2.17 bits per heavy atom. The summed E-state index contributed by atoms with van der Waals surface area (Å²) in [6.07, 6.45) is 3.89. The van der Waals surface area contributed by atoms with Crippen LogP contribution >= 0.6 is 15.9 Å². The smallest absolute Gasteiger partial charge is 0.153 e. The average Bonchev–Trinajstić information content (AvgIpc) is 2.88. The zero-order chi connectivity index (χ0) is 12.8. The van der Waals surface area contributed by atoms with Crippen LogP contribution in [0.2, 0.25) is 0 Å². The predicted molar refractivity (Wildman–Crippen MR) is 73.1 cm³/mol. The van der Waals surface area contributed by atoms with Crippen LogP contribution < -0.4 is 0 Å². The summed E-state index contributed by atoms with van der Waals surface area (Å²) in [6.45, 7) is 4.17. The highest BCUT2D eigenvalue weighted by Gasteiger charge is 2.14. The van der Waals surface area contributed by atoms with Crippen LogP contribution in [0, 0.1) is 0 Å². The number of H-pyrrole nitrogens is 1. The minimum atomic E-state index is -0.0631. The fourth-order valence-corrected chi connectivity index (χ4v) is 1.90. The van der Waals surface area contributed by atoms with Gasteiger partial charge in [0.25, 0.3) is 0 Å². The number of rotatable bonds is 6. The molecule has 0 bridgehead atoms. The lowest BCUT2D eigenvalue weighted by atomic mass is 10.1. The summed E-state index contributed by atoms with van der Waals surface area (Å²) in [6, 6.07) is 8.06. The number of aromatic nitrogens is 3. The molecule has 2 rings (SSSR count). The third kappa shape index (κ3) is 3.51. The first-order valence-electron chi connectivity index (χ1n) is 5.62. The Labute approximate surface area is 114 Å². The van der Waals surface area contributed by atoms with Crippen molar-refractivity contribution in [2.75, 3.05) is 6.61 Å². The van der Waals surface area contributed by atoms with E-state index in [-0.39, 0.29) is 6.10 Å². The van der Waals surface area contributed by atoms with E-state index in [1.807, 2.05) is 24.3 Å². The van der Waals surface area contributed by atoms with Crippen LogP contribution in [0.25, 0.3) is 0 Å². The highest BCUT2D eigenvalue weighted by atomic mass is 79.9. The van der Waals surface area contributed by atoms with Crippen LogP contribution in [-0.4, -0.2) is 21.8 Å². The first-order chi connectivity index (χ1) is 8.79. The molecule has 5 heteroatoms. The van der Waals surface area contributed by atoms with E-state index >= 15 is 0 Å². The zero-order valence-electron chi connectivity index (χ0n) is 9.84. The molecule has 0 saturated carbocycles. The Morgan fingerprint density at radius 3 is 2.78 bits per heavy atom. The molecule has 1 atom stereocenters. The largest absolute Gasteiger partial charge is 0.369 e. The molecule has 0 fully saturated rings. The van der Waals surface area contributed by atoms with Gasteiger partial charge in [-0.05, 0) is 17.7 Å². The van der Waals surface area contributed by atoms with Gasteiger partial charge in [0.05, 0.1) is 12.7 Å². The zero-order valence-corrected chi connectivity index (χ0v) is 11.4. The molecule has 4 nitrogen and oxygen atoms in total. The molecule has 94 valence electrons. The Morgan fingerprint density at radius 1 is 1.39 bits per heavy atom. The lowest BCUT2D eigenvalue weighted by Crippen LogP contribution is -2.09. The summed E-state index contributed by atoms with van der Waals surface area (Å²) >= 11 is 3.42. The molecule has 18 heavy (non-hydrogen) atoms. The molecule has 0 saturated heterocycles. The number of hydrogen-bond acceptors (Lipinski definition) is 3. The maximum Gasteiger partial charge on any atom is 0.153 e. The second-order valence-electron chi connectivity index (χ2n) is 3.78. The van der Waals surface area contributed by atoms with E-state index in [4.69, 9.17) is 4.74 Å². The van der Waals surface area contributed by atoms with E-state index in [2.05, 4.69) is 37.7 Å². The molecule has 1 heterocycles. The highest BCUT2D eigenvalue weighted by molar-refractivity contribution is 9.10. The van der Waals surface area contributed by atoms with Crippen molar-refractivity contribution in [3.05, 3.63) is 59.1 Å². The van der Waals surface area contributed by atoms with Crippen molar-refractivity contribution in [1.82, 2.24) is 15.2 Å². The third-order valence-electron chi connectivity index (χ3n) is 2.49. The standard InChI is InChI=1S/C13H14BrN3O/c1-2-7-18-12(8-13-15-9-16-17-13)10-3-5-11(14)6-4-10/h2-6,9,12H,1,7-8H2,(H,15,16,17). The van der Waals surface area contributed by atoms with Crippen LogP contribution in [0.5, 0.6) is 0 Å². The lowest BCUT2D eigenvalue weighted by Gasteiger charge is -2.16. The van der Waals surface area contributed by atoms with Gasteiger partial charge in [-0.3, -0.25) is 5.10 Å². The lowest BCUT2D eigenvalue weighted by molar-refractivity contribution is 0.0730. The van der Waals surface area contributed by atoms with Gasteiger partial charge in [-0.1, -0.05) is 34.1 Å². The van der Waals surface area contributed by atoms with E-state index in [1.165, 1.54) is 0 Å². The molecule has 2 aromatic rings. The molecule has 0 aliphatic carbocycles. The summed E-state index contributed by atoms with van der Waals surface area (Å²) in [5.74, 6) is 0.743. The topological polar surface area (TPSA) is 50.8 Å². The van der Waals surface area contributed by atoms with Crippen molar-refractivity contribution >= 4 is 15.9 Å². The van der Waals surface area contributed by atoms with Crippen molar-refractivity contribution in [2.24, 2.45) is 0 Å². The van der Waals surface area contributed by atoms with Gasteiger partial charge < -0.3 is 4.74 Å². The Hall–Kier alpha value is -1.46. The maximum atomic E-state index is 5.76. The fraction of sp³-hybridized carbons (Fsp3) is 0.231. The highest BCUT2D eigenvalue weighted by Crippen LogP contribution is 2.22. The molecular weight excluding hydrogens is 294 g/mol. The van der Waals surface area contributed by atoms with E-state index in [0.717, 1.165) is 15.9 Å². The van der Waals surface area contributed by atoms with Gasteiger partial charge in [0.1, 0.15) is 6.33 Å². The van der Waals surface area contributed by atoms with E-state index in [1.54, 1.807) is 12.4 Å². The average molecular weight is 308 g/mol. The second-order valence-corrected chi connectivity index (χ2v) is 4.70. The molecular formula is C13H14BrN3O. The summed E-state index contributed by atoms with van der Waals surface area (Å²) in [7, 11) is 0. The summed E-state index contributed by atoms with van der Waals surface area (Å²) in [5, 5.41) is 6.76. The van der Waals surface area contributed by atoms with E-state index < -0.39 is 0 Å². The van der Waals surface area contributed by atoms with E-state index in [9.17, 15) is 0 Å². The van der Waals surface area contributed by atoms with Crippen molar-refractivity contribution in [3.8, 4) is 0 Å². The van der Waals surface area contributed by atoms with Crippen LogP contribution in [0.15, 0.2) is 47.7 Å². The normalized spacial score (nSPS) is 12.3. The number of hydrogen-bond donors (Lipinski definition) is 1. The molecule has 0 spiro atoms. The summed E-state index contributed by atoms with van der Waals surface area (Å²) in [5.41, 5.74) is 1.10. The number of halogens is 1. The molecule has 1 aromatic heterocycles. The summed E-state index contributed by atoms with van der Waals surface area (Å²) < 4.78 is 6.81. The molecule has 0 aliphatic rings. The minimum Gasteiger partial charge on any atom is -0.369 e. The quantitative estimate of drug-likeness (QED) is 0.835. The van der Waals surface area contributed by atoms with Gasteiger partial charge in [-0.25, -0.2) is 4.98 Å². The second kappa shape index (κ2) is 6.47. The predicted octanol–water partition coefficient (Wildman–Crippen LogP) is 3.05. The third-order valence-corrected chi connectivity index (χ3v) is 3.02.